The Balaban J connectivity index is 1.32. The van der Waals surface area contributed by atoms with Crippen molar-refractivity contribution < 1.29 is 9.59 Å². The molecule has 2 aliphatic rings. The quantitative estimate of drug-likeness (QED) is 0.744. The zero-order chi connectivity index (χ0) is 18.6. The average Bonchev–Trinajstić information content (AvgIpc) is 3.37. The third kappa shape index (κ3) is 4.39. The van der Waals surface area contributed by atoms with Gasteiger partial charge >= 0.3 is 0 Å². The molecule has 142 valence electrons. The van der Waals surface area contributed by atoms with Crippen LogP contribution < -0.4 is 16.0 Å². The first-order valence-electron chi connectivity index (χ1n) is 9.62. The standard InChI is InChI=1S/C21H25N3O2S/c25-20(23-13-19-5-2-8-27-19)16-9-17(12-22-11-16)21(26)24-18-7-6-14-3-1-4-15(14)10-18/h2,5-8,10,16-17,22H,1,3-4,9,11-13H2,(H,23,25)(H,24,26)/t16-,17+/m0/s1. The number of piperidine rings is 1. The summed E-state index contributed by atoms with van der Waals surface area (Å²) in [6.07, 6.45) is 4.01. The average molecular weight is 384 g/mol. The first kappa shape index (κ1) is 18.2. The highest BCUT2D eigenvalue weighted by molar-refractivity contribution is 7.09. The van der Waals surface area contributed by atoms with Crippen molar-refractivity contribution >= 4 is 28.8 Å². The highest BCUT2D eigenvalue weighted by atomic mass is 32.1. The van der Waals surface area contributed by atoms with E-state index in [-0.39, 0.29) is 23.7 Å². The zero-order valence-electron chi connectivity index (χ0n) is 15.3. The number of fused-ring (bicyclic) bond motifs is 1. The molecule has 0 radical (unpaired) electrons. The molecule has 0 spiro atoms. The number of rotatable bonds is 5. The van der Waals surface area contributed by atoms with Crippen molar-refractivity contribution in [1.82, 2.24) is 10.6 Å². The Morgan fingerprint density at radius 2 is 1.89 bits per heavy atom. The summed E-state index contributed by atoms with van der Waals surface area (Å²) in [7, 11) is 0. The van der Waals surface area contributed by atoms with Gasteiger partial charge in [0.25, 0.3) is 0 Å². The van der Waals surface area contributed by atoms with Gasteiger partial charge in [-0.3, -0.25) is 9.59 Å². The van der Waals surface area contributed by atoms with Gasteiger partial charge in [0.15, 0.2) is 0 Å². The molecule has 4 rings (SSSR count). The van der Waals surface area contributed by atoms with E-state index < -0.39 is 0 Å². The predicted molar refractivity (Wildman–Crippen MR) is 108 cm³/mol. The number of hydrogen-bond donors (Lipinski definition) is 3. The van der Waals surface area contributed by atoms with Gasteiger partial charge in [-0.05, 0) is 60.4 Å². The molecule has 2 atom stereocenters. The Hall–Kier alpha value is -2.18. The van der Waals surface area contributed by atoms with Gasteiger partial charge in [0.1, 0.15) is 0 Å². The van der Waals surface area contributed by atoms with E-state index in [9.17, 15) is 9.59 Å². The normalized spacial score (nSPS) is 21.5. The molecule has 1 aliphatic carbocycles. The summed E-state index contributed by atoms with van der Waals surface area (Å²) in [5, 5.41) is 11.3. The molecule has 0 saturated carbocycles. The van der Waals surface area contributed by atoms with Crippen molar-refractivity contribution in [1.29, 1.82) is 0 Å². The Kier molecular flexibility index (Phi) is 5.55. The molecule has 0 unspecified atom stereocenters. The SMILES string of the molecule is O=C(NCc1cccs1)[C@@H]1CNC[C@H](C(=O)Nc2ccc3c(c2)CCC3)C1. The number of carbonyl (C=O) groups is 2. The topological polar surface area (TPSA) is 70.2 Å². The Labute approximate surface area is 163 Å². The lowest BCUT2D eigenvalue weighted by atomic mass is 9.89. The summed E-state index contributed by atoms with van der Waals surface area (Å²) in [6.45, 7) is 1.80. The molecule has 27 heavy (non-hydrogen) atoms. The second kappa shape index (κ2) is 8.23. The fourth-order valence-corrected chi connectivity index (χ4v) is 4.61. The van der Waals surface area contributed by atoms with Crippen LogP contribution in [0.25, 0.3) is 0 Å². The number of aryl methyl sites for hydroxylation is 2. The minimum atomic E-state index is -0.190. The van der Waals surface area contributed by atoms with Crippen molar-refractivity contribution in [3.8, 4) is 0 Å². The zero-order valence-corrected chi connectivity index (χ0v) is 16.1. The number of nitrogens with one attached hydrogen (secondary N) is 3. The first-order chi connectivity index (χ1) is 13.2. The lowest BCUT2D eigenvalue weighted by Gasteiger charge is -2.28. The molecular weight excluding hydrogens is 358 g/mol. The van der Waals surface area contributed by atoms with E-state index in [1.807, 2.05) is 23.6 Å². The Morgan fingerprint density at radius 3 is 2.70 bits per heavy atom. The van der Waals surface area contributed by atoms with E-state index >= 15 is 0 Å². The molecule has 1 aromatic carbocycles. The minimum absolute atomic E-state index is 0.00352. The van der Waals surface area contributed by atoms with Crippen LogP contribution in [0, 0.1) is 11.8 Å². The molecule has 3 N–H and O–H groups in total. The Bertz CT molecular complexity index is 819. The van der Waals surface area contributed by atoms with Crippen molar-refractivity contribution in [3.63, 3.8) is 0 Å². The fraction of sp³-hybridized carbons (Fsp3) is 0.429. The second-order valence-electron chi connectivity index (χ2n) is 7.41. The molecule has 1 aromatic heterocycles. The molecule has 2 amide bonds. The van der Waals surface area contributed by atoms with E-state index in [2.05, 4.69) is 28.1 Å². The van der Waals surface area contributed by atoms with Gasteiger partial charge < -0.3 is 16.0 Å². The molecule has 1 fully saturated rings. The van der Waals surface area contributed by atoms with Crippen molar-refractivity contribution in [2.45, 2.75) is 32.2 Å². The van der Waals surface area contributed by atoms with Crippen LogP contribution in [0.15, 0.2) is 35.7 Å². The lowest BCUT2D eigenvalue weighted by molar-refractivity contribution is -0.127. The van der Waals surface area contributed by atoms with Gasteiger partial charge in [0.05, 0.1) is 18.4 Å². The molecule has 0 bridgehead atoms. The molecule has 1 saturated heterocycles. The number of anilines is 1. The molecular formula is C21H25N3O2S. The number of benzene rings is 1. The monoisotopic (exact) mass is 383 g/mol. The largest absolute Gasteiger partial charge is 0.351 e. The summed E-state index contributed by atoms with van der Waals surface area (Å²) in [6, 6.07) is 10.2. The van der Waals surface area contributed by atoms with E-state index in [1.54, 1.807) is 11.3 Å². The number of carbonyl (C=O) groups excluding carboxylic acids is 2. The van der Waals surface area contributed by atoms with Crippen molar-refractivity contribution in [2.24, 2.45) is 11.8 Å². The molecule has 2 heterocycles. The maximum Gasteiger partial charge on any atom is 0.228 e. The van der Waals surface area contributed by atoms with Gasteiger partial charge in [-0.15, -0.1) is 11.3 Å². The molecule has 6 heteroatoms. The second-order valence-corrected chi connectivity index (χ2v) is 8.44. The van der Waals surface area contributed by atoms with Crippen LogP contribution >= 0.6 is 11.3 Å². The van der Waals surface area contributed by atoms with Gasteiger partial charge in [0, 0.05) is 23.7 Å². The maximum atomic E-state index is 12.7. The number of thiophene rings is 1. The van der Waals surface area contributed by atoms with Crippen LogP contribution in [0.2, 0.25) is 0 Å². The van der Waals surface area contributed by atoms with Crippen LogP contribution in [0.5, 0.6) is 0 Å². The van der Waals surface area contributed by atoms with E-state index in [4.69, 9.17) is 0 Å². The van der Waals surface area contributed by atoms with E-state index in [0.717, 1.165) is 23.4 Å². The molecule has 2 aromatic rings. The predicted octanol–water partition coefficient (Wildman–Crippen LogP) is 2.72. The first-order valence-corrected chi connectivity index (χ1v) is 10.5. The fourth-order valence-electron chi connectivity index (χ4n) is 3.97. The van der Waals surface area contributed by atoms with Crippen LogP contribution in [-0.2, 0) is 29.0 Å². The summed E-state index contributed by atoms with van der Waals surface area (Å²) in [4.78, 5) is 26.3. The highest BCUT2D eigenvalue weighted by Crippen LogP contribution is 2.26. The van der Waals surface area contributed by atoms with Gasteiger partial charge in [0.2, 0.25) is 11.8 Å². The third-order valence-electron chi connectivity index (χ3n) is 5.48. The smallest absolute Gasteiger partial charge is 0.228 e. The van der Waals surface area contributed by atoms with Crippen molar-refractivity contribution in [2.75, 3.05) is 18.4 Å². The summed E-state index contributed by atoms with van der Waals surface area (Å²) in [5.74, 6) is -0.346. The summed E-state index contributed by atoms with van der Waals surface area (Å²) in [5.41, 5.74) is 3.61. The third-order valence-corrected chi connectivity index (χ3v) is 6.35. The van der Waals surface area contributed by atoms with Crippen molar-refractivity contribution in [3.05, 3.63) is 51.7 Å². The van der Waals surface area contributed by atoms with Gasteiger partial charge in [-0.25, -0.2) is 0 Å². The van der Waals surface area contributed by atoms with Crippen LogP contribution in [0.3, 0.4) is 0 Å². The molecule has 1 aliphatic heterocycles. The maximum absolute atomic E-state index is 12.7. The minimum Gasteiger partial charge on any atom is -0.351 e. The van der Waals surface area contributed by atoms with Crippen LogP contribution in [0.4, 0.5) is 5.69 Å². The van der Waals surface area contributed by atoms with E-state index in [1.165, 1.54) is 17.5 Å². The van der Waals surface area contributed by atoms with Crippen LogP contribution in [0.1, 0.15) is 28.8 Å². The van der Waals surface area contributed by atoms with E-state index in [0.29, 0.717) is 26.1 Å². The number of amides is 2. The van der Waals surface area contributed by atoms with Gasteiger partial charge in [-0.2, -0.15) is 0 Å². The number of hydrogen-bond acceptors (Lipinski definition) is 4. The summed E-state index contributed by atoms with van der Waals surface area (Å²) >= 11 is 1.63. The Morgan fingerprint density at radius 1 is 1.07 bits per heavy atom. The van der Waals surface area contributed by atoms with Gasteiger partial charge in [-0.1, -0.05) is 12.1 Å². The lowest BCUT2D eigenvalue weighted by Crippen LogP contribution is -2.47. The highest BCUT2D eigenvalue weighted by Gasteiger charge is 2.31. The summed E-state index contributed by atoms with van der Waals surface area (Å²) < 4.78 is 0. The molecule has 5 nitrogen and oxygen atoms in total. The van der Waals surface area contributed by atoms with Crippen LogP contribution in [-0.4, -0.2) is 24.9 Å².